The second-order valence-corrected chi connectivity index (χ2v) is 3.33. The second kappa shape index (κ2) is 4.61. The molecule has 0 fully saturated rings. The van der Waals surface area contributed by atoms with Crippen molar-refractivity contribution in [1.29, 1.82) is 0 Å². The molecule has 2 rings (SSSR count). The molecule has 0 atom stereocenters. The largest absolute Gasteiger partial charge is 0.496 e. The van der Waals surface area contributed by atoms with E-state index in [0.29, 0.717) is 17.0 Å². The summed E-state index contributed by atoms with van der Waals surface area (Å²) in [6.07, 6.45) is 1.52. The minimum atomic E-state index is -0.450. The first kappa shape index (κ1) is 11.1. The van der Waals surface area contributed by atoms with E-state index in [2.05, 4.69) is 4.98 Å². The SMILES string of the molecule is COc1ccccc1-c1ncccc1[N+](=O)[O-]. The molecule has 0 N–H and O–H groups in total. The van der Waals surface area contributed by atoms with Crippen LogP contribution in [0.2, 0.25) is 0 Å². The Morgan fingerprint density at radius 3 is 2.71 bits per heavy atom. The lowest BCUT2D eigenvalue weighted by molar-refractivity contribution is -0.384. The number of para-hydroxylation sites is 1. The minimum Gasteiger partial charge on any atom is -0.496 e. The van der Waals surface area contributed by atoms with Crippen molar-refractivity contribution in [1.82, 2.24) is 4.98 Å². The van der Waals surface area contributed by atoms with Crippen molar-refractivity contribution in [3.8, 4) is 17.0 Å². The van der Waals surface area contributed by atoms with Gasteiger partial charge < -0.3 is 4.74 Å². The summed E-state index contributed by atoms with van der Waals surface area (Å²) in [5.41, 5.74) is 0.897. The maximum absolute atomic E-state index is 10.9. The van der Waals surface area contributed by atoms with E-state index in [4.69, 9.17) is 4.74 Å². The maximum atomic E-state index is 10.9. The fourth-order valence-electron chi connectivity index (χ4n) is 1.59. The number of methoxy groups -OCH3 is 1. The van der Waals surface area contributed by atoms with Crippen molar-refractivity contribution < 1.29 is 9.66 Å². The molecule has 17 heavy (non-hydrogen) atoms. The van der Waals surface area contributed by atoms with E-state index in [9.17, 15) is 10.1 Å². The van der Waals surface area contributed by atoms with E-state index in [-0.39, 0.29) is 5.69 Å². The molecule has 1 heterocycles. The molecule has 86 valence electrons. The van der Waals surface area contributed by atoms with E-state index < -0.39 is 4.92 Å². The third kappa shape index (κ3) is 2.08. The molecule has 0 radical (unpaired) electrons. The van der Waals surface area contributed by atoms with E-state index in [1.807, 2.05) is 0 Å². The van der Waals surface area contributed by atoms with Crippen LogP contribution in [0.5, 0.6) is 5.75 Å². The van der Waals surface area contributed by atoms with Gasteiger partial charge >= 0.3 is 0 Å². The van der Waals surface area contributed by atoms with Crippen LogP contribution >= 0.6 is 0 Å². The van der Waals surface area contributed by atoms with Crippen molar-refractivity contribution in [2.75, 3.05) is 7.11 Å². The molecular formula is C12H10N2O3. The van der Waals surface area contributed by atoms with Gasteiger partial charge in [0.1, 0.15) is 5.75 Å². The Labute approximate surface area is 97.8 Å². The Hall–Kier alpha value is -2.43. The molecular weight excluding hydrogens is 220 g/mol. The van der Waals surface area contributed by atoms with Gasteiger partial charge in [-0.1, -0.05) is 12.1 Å². The molecule has 2 aromatic rings. The molecule has 0 bridgehead atoms. The van der Waals surface area contributed by atoms with E-state index in [1.165, 1.54) is 25.4 Å². The molecule has 0 unspecified atom stereocenters. The molecule has 0 aliphatic carbocycles. The number of hydrogen-bond acceptors (Lipinski definition) is 4. The second-order valence-electron chi connectivity index (χ2n) is 3.33. The van der Waals surface area contributed by atoms with Crippen molar-refractivity contribution in [2.45, 2.75) is 0 Å². The lowest BCUT2D eigenvalue weighted by Gasteiger charge is -2.07. The molecule has 0 aliphatic heterocycles. The first-order valence-electron chi connectivity index (χ1n) is 4.97. The zero-order valence-electron chi connectivity index (χ0n) is 9.16. The van der Waals surface area contributed by atoms with Crippen molar-refractivity contribution in [2.24, 2.45) is 0 Å². The zero-order valence-corrected chi connectivity index (χ0v) is 9.16. The Balaban J connectivity index is 2.64. The Kier molecular flexibility index (Phi) is 3.00. The molecule has 5 heteroatoms. The highest BCUT2D eigenvalue weighted by Crippen LogP contribution is 2.33. The maximum Gasteiger partial charge on any atom is 0.295 e. The van der Waals surface area contributed by atoms with Gasteiger partial charge in [-0.05, 0) is 18.2 Å². The summed E-state index contributed by atoms with van der Waals surface area (Å²) in [7, 11) is 1.52. The van der Waals surface area contributed by atoms with Crippen molar-refractivity contribution in [3.05, 3.63) is 52.7 Å². The van der Waals surface area contributed by atoms with Gasteiger partial charge in [0.25, 0.3) is 5.69 Å². The first-order chi connectivity index (χ1) is 8.24. The van der Waals surface area contributed by atoms with Crippen LogP contribution < -0.4 is 4.74 Å². The predicted molar refractivity (Wildman–Crippen MR) is 62.9 cm³/mol. The van der Waals surface area contributed by atoms with Gasteiger partial charge in [0, 0.05) is 17.8 Å². The lowest BCUT2D eigenvalue weighted by atomic mass is 10.1. The van der Waals surface area contributed by atoms with Crippen LogP contribution in [0.1, 0.15) is 0 Å². The number of nitrogens with zero attached hydrogens (tertiary/aromatic N) is 2. The summed E-state index contributed by atoms with van der Waals surface area (Å²) >= 11 is 0. The number of hydrogen-bond donors (Lipinski definition) is 0. The molecule has 5 nitrogen and oxygen atoms in total. The van der Waals surface area contributed by atoms with E-state index in [1.54, 1.807) is 24.3 Å². The monoisotopic (exact) mass is 230 g/mol. The van der Waals surface area contributed by atoms with Gasteiger partial charge in [-0.2, -0.15) is 0 Å². The van der Waals surface area contributed by atoms with Gasteiger partial charge in [0.2, 0.25) is 0 Å². The Morgan fingerprint density at radius 2 is 2.00 bits per heavy atom. The summed E-state index contributed by atoms with van der Waals surface area (Å²) in [6, 6.07) is 10.0. The summed E-state index contributed by atoms with van der Waals surface area (Å²) in [5.74, 6) is 0.564. The Morgan fingerprint density at radius 1 is 1.24 bits per heavy atom. The van der Waals surface area contributed by atoms with Crippen molar-refractivity contribution >= 4 is 5.69 Å². The molecule has 0 spiro atoms. The molecule has 0 saturated heterocycles. The standard InChI is InChI=1S/C12H10N2O3/c1-17-11-7-3-2-5-9(11)12-10(14(15)16)6-4-8-13-12/h2-8H,1H3. The summed E-state index contributed by atoms with van der Waals surface area (Å²) in [5, 5.41) is 10.9. The number of aromatic nitrogens is 1. The number of pyridine rings is 1. The smallest absolute Gasteiger partial charge is 0.295 e. The third-order valence-corrected chi connectivity index (χ3v) is 2.35. The highest BCUT2D eigenvalue weighted by atomic mass is 16.6. The predicted octanol–water partition coefficient (Wildman–Crippen LogP) is 2.67. The number of ether oxygens (including phenoxy) is 1. The van der Waals surface area contributed by atoms with Gasteiger partial charge in [-0.3, -0.25) is 10.1 Å². The molecule has 0 amide bonds. The number of benzene rings is 1. The minimum absolute atomic E-state index is 0.0306. The molecule has 0 aliphatic rings. The van der Waals surface area contributed by atoms with Crippen LogP contribution in [0, 0.1) is 10.1 Å². The van der Waals surface area contributed by atoms with E-state index >= 15 is 0 Å². The number of nitro groups is 1. The topological polar surface area (TPSA) is 65.3 Å². The molecule has 1 aromatic carbocycles. The summed E-state index contributed by atoms with van der Waals surface area (Å²) in [6.45, 7) is 0. The van der Waals surface area contributed by atoms with E-state index in [0.717, 1.165) is 0 Å². The fraction of sp³-hybridized carbons (Fsp3) is 0.0833. The van der Waals surface area contributed by atoms with Gasteiger partial charge in [0.05, 0.1) is 12.0 Å². The highest BCUT2D eigenvalue weighted by Gasteiger charge is 2.18. The molecule has 0 saturated carbocycles. The van der Waals surface area contributed by atoms with Gasteiger partial charge in [-0.25, -0.2) is 4.98 Å². The summed E-state index contributed by atoms with van der Waals surface area (Å²) in [4.78, 5) is 14.5. The fourth-order valence-corrected chi connectivity index (χ4v) is 1.59. The Bertz CT molecular complexity index is 555. The van der Waals surface area contributed by atoms with Gasteiger partial charge in [0.15, 0.2) is 5.69 Å². The van der Waals surface area contributed by atoms with Crippen LogP contribution in [0.3, 0.4) is 0 Å². The summed E-state index contributed by atoms with van der Waals surface area (Å²) < 4.78 is 5.17. The van der Waals surface area contributed by atoms with Crippen LogP contribution in [0.4, 0.5) is 5.69 Å². The van der Waals surface area contributed by atoms with Crippen LogP contribution in [-0.2, 0) is 0 Å². The van der Waals surface area contributed by atoms with Crippen molar-refractivity contribution in [3.63, 3.8) is 0 Å². The quantitative estimate of drug-likeness (QED) is 0.600. The van der Waals surface area contributed by atoms with Gasteiger partial charge in [-0.15, -0.1) is 0 Å². The average molecular weight is 230 g/mol. The molecule has 1 aromatic heterocycles. The zero-order chi connectivity index (χ0) is 12.3. The lowest BCUT2D eigenvalue weighted by Crippen LogP contribution is -1.96. The first-order valence-corrected chi connectivity index (χ1v) is 4.97. The number of rotatable bonds is 3. The third-order valence-electron chi connectivity index (χ3n) is 2.35. The van der Waals surface area contributed by atoms with Crippen LogP contribution in [0.25, 0.3) is 11.3 Å². The normalized spacial score (nSPS) is 9.94. The average Bonchev–Trinajstić information content (AvgIpc) is 2.38. The highest BCUT2D eigenvalue weighted by molar-refractivity contribution is 5.74. The van der Waals surface area contributed by atoms with Crippen LogP contribution in [-0.4, -0.2) is 17.0 Å². The van der Waals surface area contributed by atoms with Crippen LogP contribution in [0.15, 0.2) is 42.6 Å².